The fourth-order valence-corrected chi connectivity index (χ4v) is 1.92. The summed E-state index contributed by atoms with van der Waals surface area (Å²) < 4.78 is 6.71. The zero-order valence-electron chi connectivity index (χ0n) is 7.37. The molecule has 0 saturated carbocycles. The summed E-state index contributed by atoms with van der Waals surface area (Å²) >= 11 is 3.43. The minimum Gasteiger partial charge on any atom is -0.372 e. The van der Waals surface area contributed by atoms with Gasteiger partial charge in [-0.15, -0.1) is 0 Å². The fourth-order valence-electron chi connectivity index (χ4n) is 1.57. The Kier molecular flexibility index (Phi) is 2.96. The fraction of sp³-hybridized carbons (Fsp3) is 0.500. The molecule has 1 unspecified atom stereocenters. The molecule has 1 aromatic heterocycles. The Morgan fingerprint density at radius 2 is 2.38 bits per heavy atom. The highest BCUT2D eigenvalue weighted by Crippen LogP contribution is 2.27. The van der Waals surface area contributed by atoms with Crippen molar-refractivity contribution in [2.75, 3.05) is 6.61 Å². The van der Waals surface area contributed by atoms with E-state index in [0.29, 0.717) is 0 Å². The monoisotopic (exact) mass is 241 g/mol. The van der Waals surface area contributed by atoms with Gasteiger partial charge in [-0.1, -0.05) is 15.9 Å². The molecule has 0 aromatic carbocycles. The minimum atomic E-state index is 0.214. The van der Waals surface area contributed by atoms with Crippen LogP contribution in [0.5, 0.6) is 0 Å². The number of hydrogen-bond donors (Lipinski definition) is 0. The first-order chi connectivity index (χ1) is 6.36. The number of pyridine rings is 1. The summed E-state index contributed by atoms with van der Waals surface area (Å²) in [5.74, 6) is 0. The second-order valence-electron chi connectivity index (χ2n) is 3.25. The van der Waals surface area contributed by atoms with Crippen molar-refractivity contribution in [2.45, 2.75) is 25.4 Å². The Labute approximate surface area is 86.5 Å². The van der Waals surface area contributed by atoms with Crippen molar-refractivity contribution in [3.05, 3.63) is 28.5 Å². The van der Waals surface area contributed by atoms with Gasteiger partial charge in [-0.25, -0.2) is 0 Å². The Morgan fingerprint density at radius 3 is 3.08 bits per heavy atom. The number of halogens is 1. The van der Waals surface area contributed by atoms with Gasteiger partial charge < -0.3 is 4.74 Å². The van der Waals surface area contributed by atoms with E-state index in [4.69, 9.17) is 4.74 Å². The minimum absolute atomic E-state index is 0.214. The summed E-state index contributed by atoms with van der Waals surface area (Å²) in [6, 6.07) is 3.97. The first-order valence-corrected chi connectivity index (χ1v) is 5.38. The molecular weight excluding hydrogens is 230 g/mol. The van der Waals surface area contributed by atoms with Gasteiger partial charge >= 0.3 is 0 Å². The van der Waals surface area contributed by atoms with Gasteiger partial charge in [0, 0.05) is 17.3 Å². The molecule has 0 N–H and O–H groups in total. The van der Waals surface area contributed by atoms with E-state index < -0.39 is 0 Å². The molecule has 1 saturated heterocycles. The van der Waals surface area contributed by atoms with Crippen molar-refractivity contribution in [2.24, 2.45) is 0 Å². The van der Waals surface area contributed by atoms with Crippen LogP contribution in [0, 0.1) is 0 Å². The largest absolute Gasteiger partial charge is 0.372 e. The molecule has 1 aliphatic heterocycles. The van der Waals surface area contributed by atoms with Gasteiger partial charge in [-0.3, -0.25) is 4.98 Å². The second-order valence-corrected chi connectivity index (χ2v) is 4.17. The van der Waals surface area contributed by atoms with Gasteiger partial charge in [0.15, 0.2) is 0 Å². The van der Waals surface area contributed by atoms with Crippen LogP contribution < -0.4 is 0 Å². The predicted molar refractivity (Wildman–Crippen MR) is 54.5 cm³/mol. The quantitative estimate of drug-likeness (QED) is 0.754. The topological polar surface area (TPSA) is 22.1 Å². The van der Waals surface area contributed by atoms with E-state index >= 15 is 0 Å². The number of nitrogens with zero attached hydrogens (tertiary/aromatic N) is 1. The van der Waals surface area contributed by atoms with E-state index in [1.165, 1.54) is 12.8 Å². The molecule has 3 heteroatoms. The van der Waals surface area contributed by atoms with Crippen LogP contribution in [0.1, 0.15) is 31.1 Å². The van der Waals surface area contributed by atoms with Crippen LogP contribution in [0.15, 0.2) is 22.8 Å². The molecule has 0 radical (unpaired) electrons. The molecule has 0 amide bonds. The van der Waals surface area contributed by atoms with Gasteiger partial charge in [0.2, 0.25) is 0 Å². The highest BCUT2D eigenvalue weighted by atomic mass is 79.9. The van der Waals surface area contributed by atoms with Gasteiger partial charge in [0.1, 0.15) is 0 Å². The molecule has 1 atom stereocenters. The van der Waals surface area contributed by atoms with Gasteiger partial charge in [0.05, 0.1) is 11.8 Å². The standard InChI is InChI=1S/C10H12BrNO/c11-8-4-5-12-9(7-8)10-3-1-2-6-13-10/h4-5,7,10H,1-3,6H2. The average Bonchev–Trinajstić information content (AvgIpc) is 2.19. The summed E-state index contributed by atoms with van der Waals surface area (Å²) in [7, 11) is 0. The van der Waals surface area contributed by atoms with Crippen LogP contribution in [0.2, 0.25) is 0 Å². The van der Waals surface area contributed by atoms with Crippen molar-refractivity contribution in [1.82, 2.24) is 4.98 Å². The van der Waals surface area contributed by atoms with Crippen LogP contribution in [0.3, 0.4) is 0 Å². The smallest absolute Gasteiger partial charge is 0.0994 e. The summed E-state index contributed by atoms with van der Waals surface area (Å²) in [5, 5.41) is 0. The Hall–Kier alpha value is -0.410. The Bertz CT molecular complexity index is 284. The van der Waals surface area contributed by atoms with E-state index in [1.54, 1.807) is 0 Å². The first kappa shape index (κ1) is 9.16. The molecule has 0 aliphatic carbocycles. The number of rotatable bonds is 1. The summed E-state index contributed by atoms with van der Waals surface area (Å²) in [6.07, 6.45) is 5.57. The van der Waals surface area contributed by atoms with E-state index in [2.05, 4.69) is 20.9 Å². The number of ether oxygens (including phenoxy) is 1. The van der Waals surface area contributed by atoms with E-state index in [9.17, 15) is 0 Å². The molecule has 2 rings (SSSR count). The van der Waals surface area contributed by atoms with Crippen LogP contribution in [0.4, 0.5) is 0 Å². The van der Waals surface area contributed by atoms with Crippen molar-refractivity contribution >= 4 is 15.9 Å². The first-order valence-electron chi connectivity index (χ1n) is 4.59. The second kappa shape index (κ2) is 4.20. The zero-order valence-corrected chi connectivity index (χ0v) is 8.96. The molecule has 2 heterocycles. The van der Waals surface area contributed by atoms with E-state index in [0.717, 1.165) is 23.2 Å². The van der Waals surface area contributed by atoms with Gasteiger partial charge in [-0.05, 0) is 31.4 Å². The molecule has 13 heavy (non-hydrogen) atoms. The molecule has 0 bridgehead atoms. The maximum absolute atomic E-state index is 5.64. The van der Waals surface area contributed by atoms with Crippen LogP contribution >= 0.6 is 15.9 Å². The average molecular weight is 242 g/mol. The van der Waals surface area contributed by atoms with Crippen LogP contribution in [-0.4, -0.2) is 11.6 Å². The third-order valence-corrected chi connectivity index (χ3v) is 2.75. The van der Waals surface area contributed by atoms with Crippen LogP contribution in [0.25, 0.3) is 0 Å². The maximum Gasteiger partial charge on any atom is 0.0994 e. The third-order valence-electron chi connectivity index (χ3n) is 2.25. The summed E-state index contributed by atoms with van der Waals surface area (Å²) in [4.78, 5) is 4.31. The molecule has 1 aromatic rings. The molecule has 1 fully saturated rings. The van der Waals surface area contributed by atoms with Crippen LogP contribution in [-0.2, 0) is 4.74 Å². The molecule has 70 valence electrons. The lowest BCUT2D eigenvalue weighted by Gasteiger charge is -2.21. The molecule has 2 nitrogen and oxygen atoms in total. The van der Waals surface area contributed by atoms with Crippen molar-refractivity contribution in [1.29, 1.82) is 0 Å². The highest BCUT2D eigenvalue weighted by Gasteiger charge is 2.16. The van der Waals surface area contributed by atoms with Gasteiger partial charge in [0.25, 0.3) is 0 Å². The number of aromatic nitrogens is 1. The molecular formula is C10H12BrNO. The molecule has 0 spiro atoms. The third kappa shape index (κ3) is 2.29. The van der Waals surface area contributed by atoms with E-state index in [1.807, 2.05) is 18.3 Å². The predicted octanol–water partition coefficient (Wildman–Crippen LogP) is 3.09. The summed E-state index contributed by atoms with van der Waals surface area (Å²) in [5.41, 5.74) is 1.05. The molecule has 1 aliphatic rings. The summed E-state index contributed by atoms with van der Waals surface area (Å²) in [6.45, 7) is 0.874. The lowest BCUT2D eigenvalue weighted by Crippen LogP contribution is -2.12. The Balaban J connectivity index is 2.14. The van der Waals surface area contributed by atoms with Crippen molar-refractivity contribution in [3.8, 4) is 0 Å². The maximum atomic E-state index is 5.64. The van der Waals surface area contributed by atoms with E-state index in [-0.39, 0.29) is 6.10 Å². The Morgan fingerprint density at radius 1 is 1.46 bits per heavy atom. The number of hydrogen-bond acceptors (Lipinski definition) is 2. The normalized spacial score (nSPS) is 23.0. The van der Waals surface area contributed by atoms with Gasteiger partial charge in [-0.2, -0.15) is 0 Å². The zero-order chi connectivity index (χ0) is 9.10. The lowest BCUT2D eigenvalue weighted by molar-refractivity contribution is 0.0123. The SMILES string of the molecule is Brc1ccnc(C2CCCCO2)c1. The van der Waals surface area contributed by atoms with Crippen molar-refractivity contribution < 1.29 is 4.74 Å². The lowest BCUT2D eigenvalue weighted by atomic mass is 10.1. The van der Waals surface area contributed by atoms with Crippen molar-refractivity contribution in [3.63, 3.8) is 0 Å². The highest BCUT2D eigenvalue weighted by molar-refractivity contribution is 9.10.